The van der Waals surface area contributed by atoms with Crippen molar-refractivity contribution in [2.45, 2.75) is 19.4 Å². The van der Waals surface area contributed by atoms with Crippen LogP contribution in [0.5, 0.6) is 0 Å². The van der Waals surface area contributed by atoms with E-state index in [1.54, 1.807) is 18.3 Å². The van der Waals surface area contributed by atoms with Crippen LogP contribution in [0.25, 0.3) is 0 Å². The average Bonchev–Trinajstić information content (AvgIpc) is 2.60. The zero-order valence-electron chi connectivity index (χ0n) is 13.4. The summed E-state index contributed by atoms with van der Waals surface area (Å²) in [5.74, 6) is -0.486. The Kier molecular flexibility index (Phi) is 6.76. The minimum atomic E-state index is -0.260. The zero-order chi connectivity index (χ0) is 17.2. The first-order chi connectivity index (χ1) is 11.6. The van der Waals surface area contributed by atoms with Gasteiger partial charge < -0.3 is 15.2 Å². The van der Waals surface area contributed by atoms with Gasteiger partial charge in [0.1, 0.15) is 0 Å². The molecule has 6 nitrogen and oxygen atoms in total. The number of pyridine rings is 1. The molecule has 0 bridgehead atoms. The third-order valence-corrected chi connectivity index (χ3v) is 3.50. The maximum Gasteiger partial charge on any atom is 0.250 e. The molecule has 0 aliphatic heterocycles. The predicted octanol–water partition coefficient (Wildman–Crippen LogP) is 0.714. The van der Waals surface area contributed by atoms with Gasteiger partial charge in [0.2, 0.25) is 11.8 Å². The highest BCUT2D eigenvalue weighted by Gasteiger charge is 2.06. The van der Waals surface area contributed by atoms with Crippen LogP contribution in [0.15, 0.2) is 59.5 Å². The summed E-state index contributed by atoms with van der Waals surface area (Å²) in [6.07, 6.45) is 2.53. The van der Waals surface area contributed by atoms with E-state index in [4.69, 9.17) is 0 Å². The summed E-state index contributed by atoms with van der Waals surface area (Å²) in [7, 11) is 0. The number of carbonyl (C=O) groups excluding carboxylic acids is 2. The van der Waals surface area contributed by atoms with Crippen LogP contribution in [0.3, 0.4) is 0 Å². The maximum atomic E-state index is 11.7. The first-order valence-electron chi connectivity index (χ1n) is 7.88. The normalized spacial score (nSPS) is 10.2. The van der Waals surface area contributed by atoms with E-state index in [1.807, 2.05) is 30.3 Å². The summed E-state index contributed by atoms with van der Waals surface area (Å²) >= 11 is 0. The molecule has 0 saturated heterocycles. The van der Waals surface area contributed by atoms with Gasteiger partial charge in [0, 0.05) is 31.8 Å². The van der Waals surface area contributed by atoms with Gasteiger partial charge in [0.15, 0.2) is 0 Å². The molecule has 0 saturated carbocycles. The Balaban J connectivity index is 1.62. The molecule has 1 heterocycles. The van der Waals surface area contributed by atoms with Crippen LogP contribution in [0.4, 0.5) is 0 Å². The number of hydrogen-bond acceptors (Lipinski definition) is 3. The molecule has 0 fully saturated rings. The molecular formula is C18H21N3O3. The minimum absolute atomic E-state index is 0.0582. The molecule has 0 radical (unpaired) electrons. The van der Waals surface area contributed by atoms with E-state index in [2.05, 4.69) is 10.6 Å². The molecule has 0 aliphatic rings. The highest BCUT2D eigenvalue weighted by Crippen LogP contribution is 1.97. The lowest BCUT2D eigenvalue weighted by molar-refractivity contribution is -0.126. The van der Waals surface area contributed by atoms with Crippen molar-refractivity contribution >= 4 is 11.8 Å². The number of carbonyl (C=O) groups is 2. The highest BCUT2D eigenvalue weighted by molar-refractivity contribution is 5.84. The van der Waals surface area contributed by atoms with Gasteiger partial charge in [-0.05, 0) is 18.1 Å². The number of benzene rings is 1. The lowest BCUT2D eigenvalue weighted by atomic mass is 10.1. The Morgan fingerprint density at radius 2 is 1.67 bits per heavy atom. The van der Waals surface area contributed by atoms with Gasteiger partial charge in [-0.2, -0.15) is 0 Å². The number of rotatable bonds is 8. The summed E-state index contributed by atoms with van der Waals surface area (Å²) in [6.45, 7) is 0.760. The van der Waals surface area contributed by atoms with Crippen molar-refractivity contribution in [2.75, 3.05) is 13.1 Å². The van der Waals surface area contributed by atoms with Crippen molar-refractivity contribution in [1.29, 1.82) is 0 Å². The second-order valence-corrected chi connectivity index (χ2v) is 5.34. The summed E-state index contributed by atoms with van der Waals surface area (Å²) in [6, 6.07) is 14.7. The zero-order valence-corrected chi connectivity index (χ0v) is 13.4. The van der Waals surface area contributed by atoms with Crippen LogP contribution >= 0.6 is 0 Å². The first kappa shape index (κ1) is 17.5. The molecule has 0 atom stereocenters. The van der Waals surface area contributed by atoms with E-state index in [9.17, 15) is 14.4 Å². The topological polar surface area (TPSA) is 80.2 Å². The molecule has 1 aromatic heterocycles. The number of amides is 2. The lowest BCUT2D eigenvalue weighted by Gasteiger charge is -2.08. The molecule has 6 heteroatoms. The van der Waals surface area contributed by atoms with Crippen LogP contribution < -0.4 is 16.2 Å². The summed E-state index contributed by atoms with van der Waals surface area (Å²) in [4.78, 5) is 34.9. The minimum Gasteiger partial charge on any atom is -0.354 e. The number of nitrogens with zero attached hydrogens (tertiary/aromatic N) is 1. The molecular weight excluding hydrogens is 306 g/mol. The van der Waals surface area contributed by atoms with E-state index < -0.39 is 0 Å². The van der Waals surface area contributed by atoms with Crippen molar-refractivity contribution in [1.82, 2.24) is 15.2 Å². The Hall–Kier alpha value is -2.89. The van der Waals surface area contributed by atoms with Crippen LogP contribution in [0, 0.1) is 0 Å². The Morgan fingerprint density at radius 1 is 0.917 bits per heavy atom. The van der Waals surface area contributed by atoms with Crippen LogP contribution in [-0.2, 0) is 22.6 Å². The second-order valence-electron chi connectivity index (χ2n) is 5.34. The fourth-order valence-electron chi connectivity index (χ4n) is 2.19. The monoisotopic (exact) mass is 327 g/mol. The molecule has 2 N–H and O–H groups in total. The molecule has 24 heavy (non-hydrogen) atoms. The summed E-state index contributed by atoms with van der Waals surface area (Å²) in [5, 5.41) is 5.32. The molecule has 1 aromatic carbocycles. The van der Waals surface area contributed by atoms with Gasteiger partial charge in [-0.1, -0.05) is 36.4 Å². The predicted molar refractivity (Wildman–Crippen MR) is 91.5 cm³/mol. The second kappa shape index (κ2) is 9.29. The quantitative estimate of drug-likeness (QED) is 0.749. The summed E-state index contributed by atoms with van der Waals surface area (Å²) < 4.78 is 1.46. The number of nitrogens with one attached hydrogen (secondary N) is 2. The molecule has 2 amide bonds. The largest absolute Gasteiger partial charge is 0.354 e. The van der Waals surface area contributed by atoms with Crippen molar-refractivity contribution in [3.05, 3.63) is 70.6 Å². The third kappa shape index (κ3) is 6.08. The van der Waals surface area contributed by atoms with Gasteiger partial charge in [-0.3, -0.25) is 14.4 Å². The Labute approximate surface area is 140 Å². The van der Waals surface area contributed by atoms with E-state index in [0.717, 1.165) is 12.0 Å². The molecule has 2 aromatic rings. The van der Waals surface area contributed by atoms with Crippen LogP contribution in [0.2, 0.25) is 0 Å². The Morgan fingerprint density at radius 3 is 2.42 bits per heavy atom. The van der Waals surface area contributed by atoms with Crippen LogP contribution in [0.1, 0.15) is 12.0 Å². The average molecular weight is 327 g/mol. The number of aryl methyl sites for hydroxylation is 1. The maximum absolute atomic E-state index is 11.7. The van der Waals surface area contributed by atoms with Crippen molar-refractivity contribution in [2.24, 2.45) is 0 Å². The number of hydrogen-bond donors (Lipinski definition) is 2. The third-order valence-electron chi connectivity index (χ3n) is 3.50. The van der Waals surface area contributed by atoms with Crippen molar-refractivity contribution < 1.29 is 9.59 Å². The summed E-state index contributed by atoms with van der Waals surface area (Å²) in [5.41, 5.74) is 0.999. The lowest BCUT2D eigenvalue weighted by Crippen LogP contribution is -2.38. The van der Waals surface area contributed by atoms with Crippen molar-refractivity contribution in [3.63, 3.8) is 0 Å². The van der Waals surface area contributed by atoms with E-state index in [0.29, 0.717) is 13.1 Å². The van der Waals surface area contributed by atoms with Gasteiger partial charge >= 0.3 is 0 Å². The molecule has 0 spiro atoms. The first-order valence-corrected chi connectivity index (χ1v) is 7.88. The smallest absolute Gasteiger partial charge is 0.250 e. The SMILES string of the molecule is O=C(CCn1ccccc1=O)NCC(=O)NCCc1ccccc1. The molecule has 0 aliphatic carbocycles. The molecule has 126 valence electrons. The van der Waals surface area contributed by atoms with Crippen LogP contribution in [-0.4, -0.2) is 29.5 Å². The van der Waals surface area contributed by atoms with Gasteiger partial charge in [-0.15, -0.1) is 0 Å². The number of aromatic nitrogens is 1. The van der Waals surface area contributed by atoms with E-state index in [-0.39, 0.29) is 30.3 Å². The Bertz CT molecular complexity index is 726. The molecule has 0 unspecified atom stereocenters. The van der Waals surface area contributed by atoms with Gasteiger partial charge in [0.05, 0.1) is 6.54 Å². The fourth-order valence-corrected chi connectivity index (χ4v) is 2.19. The molecule has 2 rings (SSSR count). The fraction of sp³-hybridized carbons (Fsp3) is 0.278. The highest BCUT2D eigenvalue weighted by atomic mass is 16.2. The van der Waals surface area contributed by atoms with E-state index in [1.165, 1.54) is 10.6 Å². The van der Waals surface area contributed by atoms with E-state index >= 15 is 0 Å². The van der Waals surface area contributed by atoms with Crippen molar-refractivity contribution in [3.8, 4) is 0 Å². The van der Waals surface area contributed by atoms with Gasteiger partial charge in [0.25, 0.3) is 5.56 Å². The van der Waals surface area contributed by atoms with Gasteiger partial charge in [-0.25, -0.2) is 0 Å². The standard InChI is InChI=1S/C18H21N3O3/c22-16(10-13-21-12-5-4-8-18(21)24)20-14-17(23)19-11-9-15-6-2-1-3-7-15/h1-8,12H,9-11,13-14H2,(H,19,23)(H,20,22).